The summed E-state index contributed by atoms with van der Waals surface area (Å²) in [4.78, 5) is 23.9. The van der Waals surface area contributed by atoms with E-state index in [1.165, 1.54) is 0 Å². The molecule has 0 heterocycles. The number of hydrogen-bond acceptors (Lipinski definition) is 3. The van der Waals surface area contributed by atoms with Gasteiger partial charge in [-0.2, -0.15) is 0 Å². The van der Waals surface area contributed by atoms with Crippen LogP contribution in [-0.2, 0) is 16.0 Å². The minimum atomic E-state index is -0.957. The maximum absolute atomic E-state index is 12.3. The summed E-state index contributed by atoms with van der Waals surface area (Å²) in [5.74, 6) is -1.72. The zero-order valence-corrected chi connectivity index (χ0v) is 18.3. The minimum absolute atomic E-state index is 0.00205. The lowest BCUT2D eigenvalue weighted by Crippen LogP contribution is -2.35. The molecule has 2 N–H and O–H groups in total. The van der Waals surface area contributed by atoms with Crippen molar-refractivity contribution in [3.05, 3.63) is 94.0 Å². The molecule has 0 spiro atoms. The van der Waals surface area contributed by atoms with Crippen molar-refractivity contribution < 1.29 is 19.4 Å². The van der Waals surface area contributed by atoms with E-state index in [9.17, 15) is 14.7 Å². The lowest BCUT2D eigenvalue weighted by molar-refractivity contribution is -0.141. The van der Waals surface area contributed by atoms with Crippen LogP contribution < -0.4 is 5.32 Å². The quantitative estimate of drug-likeness (QED) is 0.486. The molecule has 4 rings (SSSR count). The molecule has 31 heavy (non-hydrogen) atoms. The molecular formula is C25H22BrNO4. The summed E-state index contributed by atoms with van der Waals surface area (Å²) in [6.45, 7) is 0.201. The second-order valence-corrected chi connectivity index (χ2v) is 8.49. The van der Waals surface area contributed by atoms with Crippen LogP contribution >= 0.6 is 15.9 Å². The first-order chi connectivity index (χ1) is 15.0. The number of hydrogen-bond donors (Lipinski definition) is 2. The van der Waals surface area contributed by atoms with Gasteiger partial charge in [0.05, 0.1) is 5.92 Å². The molecule has 0 fully saturated rings. The number of carbonyl (C=O) groups excluding carboxylic acids is 1. The van der Waals surface area contributed by atoms with E-state index in [0.717, 1.165) is 32.3 Å². The third kappa shape index (κ3) is 4.80. The zero-order valence-electron chi connectivity index (χ0n) is 16.8. The SMILES string of the molecule is O=C(NCC(Cc1ccc(Br)cc1)C(=O)O)OCC1c2ccccc2-c2ccccc21. The van der Waals surface area contributed by atoms with Gasteiger partial charge in [-0.15, -0.1) is 0 Å². The fourth-order valence-electron chi connectivity index (χ4n) is 4.01. The van der Waals surface area contributed by atoms with E-state index in [1.54, 1.807) is 0 Å². The number of carboxylic acid groups (broad SMARTS) is 1. The number of halogens is 1. The molecule has 0 saturated carbocycles. The summed E-state index contributed by atoms with van der Waals surface area (Å²) in [5.41, 5.74) is 5.48. The summed E-state index contributed by atoms with van der Waals surface area (Å²) >= 11 is 3.37. The third-order valence-corrected chi connectivity index (χ3v) is 6.11. The minimum Gasteiger partial charge on any atom is -0.481 e. The number of aliphatic carboxylic acids is 1. The number of amides is 1. The summed E-state index contributed by atoms with van der Waals surface area (Å²) in [6.07, 6.45) is -0.282. The van der Waals surface area contributed by atoms with Gasteiger partial charge in [-0.25, -0.2) is 4.79 Å². The van der Waals surface area contributed by atoms with Crippen LogP contribution in [-0.4, -0.2) is 30.3 Å². The Hall–Kier alpha value is -3.12. The van der Waals surface area contributed by atoms with Crippen molar-refractivity contribution in [2.24, 2.45) is 5.92 Å². The van der Waals surface area contributed by atoms with Crippen LogP contribution in [0.5, 0.6) is 0 Å². The van der Waals surface area contributed by atoms with Gasteiger partial charge in [0.1, 0.15) is 6.61 Å². The molecule has 1 unspecified atom stereocenters. The molecule has 6 heteroatoms. The summed E-state index contributed by atoms with van der Waals surface area (Å²) in [6, 6.07) is 23.7. The van der Waals surface area contributed by atoms with Crippen molar-refractivity contribution in [3.63, 3.8) is 0 Å². The first-order valence-electron chi connectivity index (χ1n) is 10.1. The lowest BCUT2D eigenvalue weighted by Gasteiger charge is -2.16. The molecule has 0 aliphatic heterocycles. The molecule has 3 aromatic rings. The molecule has 158 valence electrons. The van der Waals surface area contributed by atoms with Crippen molar-refractivity contribution in [2.75, 3.05) is 13.2 Å². The number of alkyl carbamates (subject to hydrolysis) is 1. The first-order valence-corrected chi connectivity index (χ1v) is 10.9. The van der Waals surface area contributed by atoms with Crippen molar-refractivity contribution in [1.29, 1.82) is 0 Å². The van der Waals surface area contributed by atoms with Gasteiger partial charge in [-0.3, -0.25) is 4.79 Å². The lowest BCUT2D eigenvalue weighted by atomic mass is 9.98. The molecule has 0 radical (unpaired) electrons. The number of fused-ring (bicyclic) bond motifs is 3. The van der Waals surface area contributed by atoms with Gasteiger partial charge in [-0.05, 0) is 46.4 Å². The van der Waals surface area contributed by atoms with Gasteiger partial charge < -0.3 is 15.2 Å². The number of carbonyl (C=O) groups is 2. The fourth-order valence-corrected chi connectivity index (χ4v) is 4.27. The van der Waals surface area contributed by atoms with Gasteiger partial charge >= 0.3 is 12.1 Å². The normalized spacial score (nSPS) is 13.2. The second-order valence-electron chi connectivity index (χ2n) is 7.57. The Morgan fingerprint density at radius 1 is 0.935 bits per heavy atom. The Balaban J connectivity index is 1.36. The number of ether oxygens (including phenoxy) is 1. The third-order valence-electron chi connectivity index (χ3n) is 5.58. The Labute approximate surface area is 189 Å². The highest BCUT2D eigenvalue weighted by atomic mass is 79.9. The number of nitrogens with one attached hydrogen (secondary N) is 1. The molecule has 1 amide bonds. The van der Waals surface area contributed by atoms with Crippen molar-refractivity contribution in [3.8, 4) is 11.1 Å². The van der Waals surface area contributed by atoms with Crippen LogP contribution in [0.3, 0.4) is 0 Å². The van der Waals surface area contributed by atoms with E-state index in [-0.39, 0.29) is 19.1 Å². The van der Waals surface area contributed by atoms with E-state index in [2.05, 4.69) is 45.5 Å². The molecule has 0 aromatic heterocycles. The van der Waals surface area contributed by atoms with Crippen LogP contribution in [0.15, 0.2) is 77.3 Å². The Bertz CT molecular complexity index is 1050. The van der Waals surface area contributed by atoms with Crippen LogP contribution in [0.4, 0.5) is 4.79 Å². The maximum Gasteiger partial charge on any atom is 0.407 e. The Kier molecular flexibility index (Phi) is 6.37. The summed E-state index contributed by atoms with van der Waals surface area (Å²) in [5, 5.41) is 12.1. The molecular weight excluding hydrogens is 458 g/mol. The second kappa shape index (κ2) is 9.35. The highest BCUT2D eigenvalue weighted by Gasteiger charge is 2.29. The van der Waals surface area contributed by atoms with E-state index in [1.807, 2.05) is 48.5 Å². The Morgan fingerprint density at radius 2 is 1.52 bits per heavy atom. The highest BCUT2D eigenvalue weighted by molar-refractivity contribution is 9.10. The van der Waals surface area contributed by atoms with Crippen molar-refractivity contribution in [1.82, 2.24) is 5.32 Å². The average molecular weight is 480 g/mol. The average Bonchev–Trinajstić information content (AvgIpc) is 3.10. The van der Waals surface area contributed by atoms with Gasteiger partial charge in [0.2, 0.25) is 0 Å². The van der Waals surface area contributed by atoms with Crippen molar-refractivity contribution in [2.45, 2.75) is 12.3 Å². The molecule has 3 aromatic carbocycles. The molecule has 1 aliphatic carbocycles. The van der Waals surface area contributed by atoms with Crippen LogP contribution in [0.1, 0.15) is 22.6 Å². The van der Waals surface area contributed by atoms with Gasteiger partial charge in [0.25, 0.3) is 0 Å². The maximum atomic E-state index is 12.3. The fraction of sp³-hybridized carbons (Fsp3) is 0.200. The smallest absolute Gasteiger partial charge is 0.407 e. The van der Waals surface area contributed by atoms with Crippen LogP contribution in [0, 0.1) is 5.92 Å². The number of carboxylic acids is 1. The van der Waals surface area contributed by atoms with E-state index in [0.29, 0.717) is 6.42 Å². The molecule has 5 nitrogen and oxygen atoms in total. The highest BCUT2D eigenvalue weighted by Crippen LogP contribution is 2.44. The predicted octanol–water partition coefficient (Wildman–Crippen LogP) is 5.23. The van der Waals surface area contributed by atoms with E-state index < -0.39 is 18.0 Å². The monoisotopic (exact) mass is 479 g/mol. The predicted molar refractivity (Wildman–Crippen MR) is 122 cm³/mol. The van der Waals surface area contributed by atoms with Gasteiger partial charge in [0.15, 0.2) is 0 Å². The van der Waals surface area contributed by atoms with Crippen LogP contribution in [0.25, 0.3) is 11.1 Å². The van der Waals surface area contributed by atoms with Gasteiger partial charge in [-0.1, -0.05) is 76.6 Å². The Morgan fingerprint density at radius 3 is 2.10 bits per heavy atom. The number of rotatable bonds is 7. The van der Waals surface area contributed by atoms with E-state index >= 15 is 0 Å². The summed E-state index contributed by atoms with van der Waals surface area (Å²) < 4.78 is 6.42. The number of benzene rings is 3. The zero-order chi connectivity index (χ0) is 21.8. The van der Waals surface area contributed by atoms with Crippen molar-refractivity contribution >= 4 is 28.0 Å². The van der Waals surface area contributed by atoms with E-state index in [4.69, 9.17) is 4.74 Å². The molecule has 0 saturated heterocycles. The topological polar surface area (TPSA) is 75.6 Å². The van der Waals surface area contributed by atoms with Gasteiger partial charge in [0, 0.05) is 16.9 Å². The summed E-state index contributed by atoms with van der Waals surface area (Å²) in [7, 11) is 0. The first kappa shape index (κ1) is 21.1. The molecule has 1 aliphatic rings. The largest absolute Gasteiger partial charge is 0.481 e. The van der Waals surface area contributed by atoms with Crippen LogP contribution in [0.2, 0.25) is 0 Å². The standard InChI is InChI=1S/C25H22BrNO4/c26-18-11-9-16(10-12-18)13-17(24(28)29)14-27-25(30)31-15-23-21-7-3-1-5-19(21)20-6-2-4-8-22(20)23/h1-12,17,23H,13-15H2,(H,27,30)(H,28,29). The molecule has 1 atom stereocenters. The molecule has 0 bridgehead atoms.